The normalized spacial score (nSPS) is 11.4. The van der Waals surface area contributed by atoms with Crippen molar-refractivity contribution < 1.29 is 19.1 Å². The molecule has 1 unspecified atom stereocenters. The molecule has 2 rings (SSSR count). The number of amides is 2. The molecule has 0 aliphatic heterocycles. The fraction of sp³-hybridized carbons (Fsp3) is 0.333. The number of carbonyl (C=O) groups excluding carboxylic acids is 2. The molecule has 0 aliphatic carbocycles. The average Bonchev–Trinajstić information content (AvgIpc) is 2.70. The number of methoxy groups -OCH3 is 2. The Morgan fingerprint density at radius 2 is 1.71 bits per heavy atom. The largest absolute Gasteiger partial charge is 0.493 e. The smallest absolute Gasteiger partial charge is 0.251 e. The minimum atomic E-state index is -0.184. The lowest BCUT2D eigenvalue weighted by molar-refractivity contribution is -0.121. The maximum atomic E-state index is 12.2. The second-order valence-corrected chi connectivity index (χ2v) is 6.71. The van der Waals surface area contributed by atoms with Gasteiger partial charge in [0.15, 0.2) is 11.5 Å². The second-order valence-electron chi connectivity index (χ2n) is 6.27. The first kappa shape index (κ1) is 21.6. The molecule has 0 spiro atoms. The van der Waals surface area contributed by atoms with E-state index in [9.17, 15) is 9.59 Å². The molecule has 2 aromatic carbocycles. The Bertz CT molecular complexity index is 809. The van der Waals surface area contributed by atoms with Crippen LogP contribution >= 0.6 is 11.6 Å². The fourth-order valence-corrected chi connectivity index (χ4v) is 2.80. The Morgan fingerprint density at radius 1 is 1.04 bits per heavy atom. The van der Waals surface area contributed by atoms with Crippen molar-refractivity contribution in [2.75, 3.05) is 20.8 Å². The monoisotopic (exact) mass is 404 g/mol. The Morgan fingerprint density at radius 3 is 2.36 bits per heavy atom. The van der Waals surface area contributed by atoms with E-state index in [1.165, 1.54) is 0 Å². The molecule has 0 fully saturated rings. The summed E-state index contributed by atoms with van der Waals surface area (Å²) in [6.45, 7) is 2.32. The fourth-order valence-electron chi connectivity index (χ4n) is 2.67. The Labute approximate surface area is 170 Å². The van der Waals surface area contributed by atoms with E-state index in [0.717, 1.165) is 5.56 Å². The van der Waals surface area contributed by atoms with E-state index in [-0.39, 0.29) is 17.9 Å². The quantitative estimate of drug-likeness (QED) is 0.624. The Kier molecular flexibility index (Phi) is 8.14. The van der Waals surface area contributed by atoms with Crippen molar-refractivity contribution >= 4 is 23.4 Å². The summed E-state index contributed by atoms with van der Waals surface area (Å²) in [7, 11) is 3.15. The van der Waals surface area contributed by atoms with Gasteiger partial charge in [-0.3, -0.25) is 9.59 Å². The number of hydrogen-bond acceptors (Lipinski definition) is 4. The molecule has 2 N–H and O–H groups in total. The van der Waals surface area contributed by atoms with Crippen LogP contribution in [-0.4, -0.2) is 32.6 Å². The van der Waals surface area contributed by atoms with Gasteiger partial charge in [0, 0.05) is 23.6 Å². The zero-order valence-electron chi connectivity index (χ0n) is 16.3. The van der Waals surface area contributed by atoms with Crippen molar-refractivity contribution in [2.24, 2.45) is 0 Å². The van der Waals surface area contributed by atoms with Gasteiger partial charge in [0.1, 0.15) is 0 Å². The van der Waals surface area contributed by atoms with E-state index in [1.54, 1.807) is 38.5 Å². The minimum Gasteiger partial charge on any atom is -0.493 e. The van der Waals surface area contributed by atoms with Gasteiger partial charge in [-0.1, -0.05) is 17.7 Å². The summed E-state index contributed by atoms with van der Waals surface area (Å²) in [5, 5.41) is 6.32. The third-order valence-corrected chi connectivity index (χ3v) is 4.51. The lowest BCUT2D eigenvalue weighted by Crippen LogP contribution is -2.29. The van der Waals surface area contributed by atoms with Gasteiger partial charge < -0.3 is 20.1 Å². The molecule has 0 saturated heterocycles. The molecule has 2 amide bonds. The predicted molar refractivity (Wildman–Crippen MR) is 109 cm³/mol. The molecule has 2 aromatic rings. The van der Waals surface area contributed by atoms with Crippen LogP contribution in [0.15, 0.2) is 42.5 Å². The van der Waals surface area contributed by atoms with E-state index >= 15 is 0 Å². The molecule has 7 heteroatoms. The van der Waals surface area contributed by atoms with Gasteiger partial charge in [0.25, 0.3) is 5.91 Å². The molecule has 0 saturated carbocycles. The third kappa shape index (κ3) is 6.16. The zero-order valence-corrected chi connectivity index (χ0v) is 17.0. The number of halogens is 1. The lowest BCUT2D eigenvalue weighted by Gasteiger charge is -2.16. The standard InChI is InChI=1S/C21H25ClN2O4/c1-14(16-8-11-18(27-2)19(13-16)28-3)24-20(25)5-4-12-23-21(26)15-6-9-17(22)10-7-15/h6-11,13-14H,4-5,12H2,1-3H3,(H,23,26)(H,24,25). The van der Waals surface area contributed by atoms with E-state index < -0.39 is 0 Å². The van der Waals surface area contributed by atoms with Crippen molar-refractivity contribution in [1.82, 2.24) is 10.6 Å². The van der Waals surface area contributed by atoms with Gasteiger partial charge in [0.05, 0.1) is 20.3 Å². The van der Waals surface area contributed by atoms with Crippen molar-refractivity contribution in [3.63, 3.8) is 0 Å². The van der Waals surface area contributed by atoms with Gasteiger partial charge in [-0.05, 0) is 55.3 Å². The van der Waals surface area contributed by atoms with Crippen LogP contribution in [-0.2, 0) is 4.79 Å². The van der Waals surface area contributed by atoms with Gasteiger partial charge in [-0.2, -0.15) is 0 Å². The zero-order chi connectivity index (χ0) is 20.5. The van der Waals surface area contributed by atoms with Crippen molar-refractivity contribution in [3.8, 4) is 11.5 Å². The Balaban J connectivity index is 1.76. The van der Waals surface area contributed by atoms with Crippen LogP contribution in [0.3, 0.4) is 0 Å². The van der Waals surface area contributed by atoms with Crippen LogP contribution in [0.25, 0.3) is 0 Å². The molecule has 6 nitrogen and oxygen atoms in total. The van der Waals surface area contributed by atoms with E-state index in [1.807, 2.05) is 25.1 Å². The first-order chi connectivity index (χ1) is 13.4. The van der Waals surface area contributed by atoms with Crippen LogP contribution in [0.4, 0.5) is 0 Å². The minimum absolute atomic E-state index is 0.0805. The predicted octanol–water partition coefficient (Wildman–Crippen LogP) is 3.74. The SMILES string of the molecule is COc1ccc(C(C)NC(=O)CCCNC(=O)c2ccc(Cl)cc2)cc1OC. The highest BCUT2D eigenvalue weighted by molar-refractivity contribution is 6.30. The summed E-state index contributed by atoms with van der Waals surface area (Å²) in [5.41, 5.74) is 1.46. The second kappa shape index (κ2) is 10.6. The first-order valence-electron chi connectivity index (χ1n) is 8.99. The van der Waals surface area contributed by atoms with Crippen LogP contribution in [0, 0.1) is 0 Å². The molecule has 1 atom stereocenters. The summed E-state index contributed by atoms with van der Waals surface area (Å²) < 4.78 is 10.5. The van der Waals surface area contributed by atoms with Gasteiger partial charge in [0.2, 0.25) is 5.91 Å². The molecule has 0 aromatic heterocycles. The topological polar surface area (TPSA) is 76.7 Å². The summed E-state index contributed by atoms with van der Waals surface area (Å²) in [4.78, 5) is 24.2. The number of rotatable bonds is 9. The summed E-state index contributed by atoms with van der Waals surface area (Å²) in [6, 6.07) is 12.0. The molecule has 28 heavy (non-hydrogen) atoms. The maximum Gasteiger partial charge on any atom is 0.251 e. The lowest BCUT2D eigenvalue weighted by atomic mass is 10.1. The number of benzene rings is 2. The highest BCUT2D eigenvalue weighted by Gasteiger charge is 2.13. The van der Waals surface area contributed by atoms with Crippen molar-refractivity contribution in [3.05, 3.63) is 58.6 Å². The first-order valence-corrected chi connectivity index (χ1v) is 9.37. The van der Waals surface area contributed by atoms with E-state index in [2.05, 4.69) is 10.6 Å². The Hall–Kier alpha value is -2.73. The van der Waals surface area contributed by atoms with Crippen molar-refractivity contribution in [2.45, 2.75) is 25.8 Å². The molecule has 0 aliphatic rings. The number of carbonyl (C=O) groups is 2. The number of hydrogen-bond donors (Lipinski definition) is 2. The maximum absolute atomic E-state index is 12.2. The van der Waals surface area contributed by atoms with Crippen LogP contribution in [0.5, 0.6) is 11.5 Å². The molecule has 0 heterocycles. The van der Waals surface area contributed by atoms with Crippen LogP contribution in [0.2, 0.25) is 5.02 Å². The molecular weight excluding hydrogens is 380 g/mol. The van der Waals surface area contributed by atoms with Gasteiger partial charge in [-0.15, -0.1) is 0 Å². The van der Waals surface area contributed by atoms with E-state index in [4.69, 9.17) is 21.1 Å². The van der Waals surface area contributed by atoms with Gasteiger partial charge in [-0.25, -0.2) is 0 Å². The summed E-state index contributed by atoms with van der Waals surface area (Å²) >= 11 is 5.81. The molecule has 0 bridgehead atoms. The molecule has 150 valence electrons. The third-order valence-electron chi connectivity index (χ3n) is 4.26. The van der Waals surface area contributed by atoms with Crippen LogP contribution in [0.1, 0.15) is 41.7 Å². The van der Waals surface area contributed by atoms with E-state index in [0.29, 0.717) is 41.5 Å². The molecule has 0 radical (unpaired) electrons. The van der Waals surface area contributed by atoms with Crippen molar-refractivity contribution in [1.29, 1.82) is 0 Å². The summed E-state index contributed by atoms with van der Waals surface area (Å²) in [6.07, 6.45) is 0.863. The summed E-state index contributed by atoms with van der Waals surface area (Å²) in [5.74, 6) is 0.992. The highest BCUT2D eigenvalue weighted by Crippen LogP contribution is 2.29. The number of ether oxygens (including phenoxy) is 2. The molecular formula is C21H25ClN2O4. The average molecular weight is 405 g/mol. The highest BCUT2D eigenvalue weighted by atomic mass is 35.5. The number of nitrogens with one attached hydrogen (secondary N) is 2. The van der Waals surface area contributed by atoms with Crippen LogP contribution < -0.4 is 20.1 Å². The van der Waals surface area contributed by atoms with Gasteiger partial charge >= 0.3 is 0 Å².